The first-order valence-electron chi connectivity index (χ1n) is 2.99. The molecular weight excluding hydrogens is 146 g/mol. The number of hydrogen-bond donors (Lipinski definition) is 0. The van der Waals surface area contributed by atoms with Crippen molar-refractivity contribution in [2.24, 2.45) is 0 Å². The molecule has 1 aromatic rings. The van der Waals surface area contributed by atoms with E-state index in [4.69, 9.17) is 0 Å². The van der Waals surface area contributed by atoms with Gasteiger partial charge in [0, 0.05) is 0 Å². The van der Waals surface area contributed by atoms with E-state index in [9.17, 15) is 4.79 Å². The van der Waals surface area contributed by atoms with Gasteiger partial charge in [-0.05, 0) is 12.2 Å². The molecule has 0 unspecified atom stereocenters. The average molecular weight is 151 g/mol. The summed E-state index contributed by atoms with van der Waals surface area (Å²) in [6, 6.07) is 0. The van der Waals surface area contributed by atoms with Crippen LogP contribution in [0.3, 0.4) is 0 Å². The van der Waals surface area contributed by atoms with Crippen molar-refractivity contribution in [1.82, 2.24) is 4.98 Å². The van der Waals surface area contributed by atoms with Gasteiger partial charge in [0.2, 0.25) is 0 Å². The summed E-state index contributed by atoms with van der Waals surface area (Å²) in [5, 5.41) is 0. The van der Waals surface area contributed by atoms with E-state index < -0.39 is 0 Å². The number of allylic oxidation sites excluding steroid dienone is 1. The first-order chi connectivity index (χ1) is 4.86. The summed E-state index contributed by atoms with van der Waals surface area (Å²) < 4.78 is 0. The number of fused-ring (bicyclic) bond motifs is 1. The lowest BCUT2D eigenvalue weighted by Crippen LogP contribution is -2.03. The molecule has 0 aromatic carbocycles. The van der Waals surface area contributed by atoms with E-state index in [1.54, 1.807) is 22.9 Å². The second-order valence-corrected chi connectivity index (χ2v) is 3.03. The molecule has 10 heavy (non-hydrogen) atoms. The van der Waals surface area contributed by atoms with E-state index in [2.05, 4.69) is 4.98 Å². The topological polar surface area (TPSA) is 30.0 Å². The lowest BCUT2D eigenvalue weighted by Gasteiger charge is -1.99. The van der Waals surface area contributed by atoms with Gasteiger partial charge in [-0.15, -0.1) is 11.3 Å². The van der Waals surface area contributed by atoms with Gasteiger partial charge in [0.25, 0.3) is 0 Å². The van der Waals surface area contributed by atoms with Crippen LogP contribution in [0.2, 0.25) is 0 Å². The summed E-state index contributed by atoms with van der Waals surface area (Å²) in [7, 11) is 0. The zero-order valence-corrected chi connectivity index (χ0v) is 6.02. The number of nitrogens with zero attached hydrogens (tertiary/aromatic N) is 1. The molecule has 1 aromatic heterocycles. The molecule has 0 N–H and O–H groups in total. The minimum atomic E-state index is 0.151. The lowest BCUT2D eigenvalue weighted by atomic mass is 10.1. The van der Waals surface area contributed by atoms with Crippen molar-refractivity contribution in [2.75, 3.05) is 0 Å². The zero-order valence-electron chi connectivity index (χ0n) is 5.20. The summed E-state index contributed by atoms with van der Waals surface area (Å²) in [6.07, 6.45) is 3.93. The minimum Gasteiger partial charge on any atom is -0.294 e. The van der Waals surface area contributed by atoms with Crippen LogP contribution in [0.4, 0.5) is 0 Å². The Kier molecular flexibility index (Phi) is 1.17. The highest BCUT2D eigenvalue weighted by Gasteiger charge is 2.11. The summed E-state index contributed by atoms with van der Waals surface area (Å²) in [5.74, 6) is 0.151. The van der Waals surface area contributed by atoms with Gasteiger partial charge in [0.15, 0.2) is 5.78 Å². The molecule has 1 aliphatic carbocycles. The highest BCUT2D eigenvalue weighted by molar-refractivity contribution is 7.10. The molecule has 0 amide bonds. The molecule has 2 rings (SSSR count). The number of carbonyl (C=O) groups is 1. The third-order valence-electron chi connectivity index (χ3n) is 1.43. The molecule has 0 saturated carbocycles. The third kappa shape index (κ3) is 0.789. The Hall–Kier alpha value is -0.960. The van der Waals surface area contributed by atoms with Gasteiger partial charge < -0.3 is 0 Å². The van der Waals surface area contributed by atoms with Gasteiger partial charge in [-0.2, -0.15) is 0 Å². The Labute approximate surface area is 62.2 Å². The molecule has 0 radical (unpaired) electrons. The molecule has 0 aliphatic heterocycles. The molecule has 0 atom stereocenters. The molecule has 2 nitrogen and oxygen atoms in total. The van der Waals surface area contributed by atoms with E-state index in [0.29, 0.717) is 6.42 Å². The molecular formula is C7H5NOS. The SMILES string of the molecule is O=C1C=Cc2scnc2C1. The van der Waals surface area contributed by atoms with Crippen LogP contribution in [0.1, 0.15) is 10.6 Å². The van der Waals surface area contributed by atoms with Gasteiger partial charge in [0.1, 0.15) is 0 Å². The average Bonchev–Trinajstić information content (AvgIpc) is 2.33. The van der Waals surface area contributed by atoms with Gasteiger partial charge in [-0.25, -0.2) is 4.98 Å². The maximum absolute atomic E-state index is 10.8. The van der Waals surface area contributed by atoms with E-state index >= 15 is 0 Å². The Morgan fingerprint density at radius 2 is 2.40 bits per heavy atom. The van der Waals surface area contributed by atoms with Crippen LogP contribution in [0.5, 0.6) is 0 Å². The van der Waals surface area contributed by atoms with Crippen LogP contribution in [0, 0.1) is 0 Å². The van der Waals surface area contributed by atoms with Crippen molar-refractivity contribution >= 4 is 23.2 Å². The van der Waals surface area contributed by atoms with Crippen molar-refractivity contribution in [3.05, 3.63) is 22.2 Å². The van der Waals surface area contributed by atoms with Crippen LogP contribution in [-0.2, 0) is 11.2 Å². The number of hydrogen-bond acceptors (Lipinski definition) is 3. The van der Waals surface area contributed by atoms with Gasteiger partial charge in [0.05, 0.1) is 22.5 Å². The summed E-state index contributed by atoms with van der Waals surface area (Å²) in [5.41, 5.74) is 2.70. The fourth-order valence-corrected chi connectivity index (χ4v) is 1.64. The van der Waals surface area contributed by atoms with Crippen molar-refractivity contribution in [3.63, 3.8) is 0 Å². The second kappa shape index (κ2) is 2.02. The lowest BCUT2D eigenvalue weighted by molar-refractivity contribution is -0.114. The van der Waals surface area contributed by atoms with Crippen molar-refractivity contribution in [1.29, 1.82) is 0 Å². The van der Waals surface area contributed by atoms with Crippen molar-refractivity contribution < 1.29 is 4.79 Å². The van der Waals surface area contributed by atoms with Crippen LogP contribution in [0.25, 0.3) is 6.08 Å². The summed E-state index contributed by atoms with van der Waals surface area (Å²) >= 11 is 1.58. The Bertz CT molecular complexity index is 300. The van der Waals surface area contributed by atoms with Crippen LogP contribution < -0.4 is 0 Å². The number of rotatable bonds is 0. The van der Waals surface area contributed by atoms with E-state index in [1.165, 1.54) is 0 Å². The summed E-state index contributed by atoms with van der Waals surface area (Å²) in [6.45, 7) is 0. The molecule has 1 heterocycles. The molecule has 0 saturated heterocycles. The first-order valence-corrected chi connectivity index (χ1v) is 3.87. The smallest absolute Gasteiger partial charge is 0.161 e. The number of aromatic nitrogens is 1. The standard InChI is InChI=1S/C7H5NOS/c9-5-1-2-7-6(3-5)8-4-10-7/h1-2,4H,3H2. The second-order valence-electron chi connectivity index (χ2n) is 2.14. The van der Waals surface area contributed by atoms with Crippen molar-refractivity contribution in [2.45, 2.75) is 6.42 Å². The highest BCUT2D eigenvalue weighted by Crippen LogP contribution is 2.19. The van der Waals surface area contributed by atoms with E-state index in [1.807, 2.05) is 6.08 Å². The summed E-state index contributed by atoms with van der Waals surface area (Å²) in [4.78, 5) is 16.0. The van der Waals surface area contributed by atoms with Gasteiger partial charge in [-0.1, -0.05) is 0 Å². The highest BCUT2D eigenvalue weighted by atomic mass is 32.1. The zero-order chi connectivity index (χ0) is 6.97. The molecule has 50 valence electrons. The Morgan fingerprint density at radius 3 is 3.30 bits per heavy atom. The quantitative estimate of drug-likeness (QED) is 0.559. The minimum absolute atomic E-state index is 0.151. The van der Waals surface area contributed by atoms with Crippen molar-refractivity contribution in [3.8, 4) is 0 Å². The fraction of sp³-hybridized carbons (Fsp3) is 0.143. The van der Waals surface area contributed by atoms with E-state index in [0.717, 1.165) is 10.6 Å². The molecule has 0 spiro atoms. The Balaban J connectivity index is 2.52. The van der Waals surface area contributed by atoms with Crippen LogP contribution in [0.15, 0.2) is 11.6 Å². The third-order valence-corrected chi connectivity index (χ3v) is 2.27. The molecule has 3 heteroatoms. The van der Waals surface area contributed by atoms with E-state index in [-0.39, 0.29) is 5.78 Å². The predicted octanol–water partition coefficient (Wildman–Crippen LogP) is 1.28. The number of ketones is 1. The number of carbonyl (C=O) groups excluding carboxylic acids is 1. The molecule has 1 aliphatic rings. The van der Waals surface area contributed by atoms with Crippen LogP contribution in [-0.4, -0.2) is 10.8 Å². The first kappa shape index (κ1) is 5.80. The largest absolute Gasteiger partial charge is 0.294 e. The predicted molar refractivity (Wildman–Crippen MR) is 39.9 cm³/mol. The normalized spacial score (nSPS) is 15.4. The maximum Gasteiger partial charge on any atom is 0.161 e. The Morgan fingerprint density at radius 1 is 1.50 bits per heavy atom. The maximum atomic E-state index is 10.8. The van der Waals surface area contributed by atoms with Crippen LogP contribution >= 0.6 is 11.3 Å². The number of thiazole rings is 1. The van der Waals surface area contributed by atoms with Gasteiger partial charge >= 0.3 is 0 Å². The molecule has 0 bridgehead atoms. The fourth-order valence-electron chi connectivity index (χ4n) is 0.939. The van der Waals surface area contributed by atoms with Gasteiger partial charge in [-0.3, -0.25) is 4.79 Å². The monoisotopic (exact) mass is 151 g/mol. The molecule has 0 fully saturated rings.